The van der Waals surface area contributed by atoms with E-state index in [0.29, 0.717) is 6.42 Å². The first-order chi connectivity index (χ1) is 9.80. The maximum Gasteiger partial charge on any atom is 0.240 e. The predicted molar refractivity (Wildman–Crippen MR) is 81.3 cm³/mol. The van der Waals surface area contributed by atoms with Crippen LogP contribution in [0.15, 0.2) is 23.1 Å². The Balaban J connectivity index is 2.10. The molecule has 1 aliphatic heterocycles. The molecule has 1 aromatic carbocycles. The summed E-state index contributed by atoms with van der Waals surface area (Å²) in [6.07, 6.45) is 2.62. The fourth-order valence-electron chi connectivity index (χ4n) is 2.23. The number of rotatable bonds is 6. The highest BCUT2D eigenvalue weighted by atomic mass is 32.2. The predicted octanol–water partition coefficient (Wildman–Crippen LogP) is -0.128. The van der Waals surface area contributed by atoms with E-state index >= 15 is 0 Å². The quantitative estimate of drug-likeness (QED) is 0.629. The van der Waals surface area contributed by atoms with E-state index in [1.54, 1.807) is 12.1 Å². The van der Waals surface area contributed by atoms with Gasteiger partial charge in [-0.2, -0.15) is 0 Å². The zero-order chi connectivity index (χ0) is 15.5. The van der Waals surface area contributed by atoms with Crippen molar-refractivity contribution in [2.24, 2.45) is 0 Å². The molecule has 118 valence electrons. The Kier molecular flexibility index (Phi) is 4.87. The summed E-state index contributed by atoms with van der Waals surface area (Å²) in [6, 6.07) is 5.12. The van der Waals surface area contributed by atoms with Crippen LogP contribution in [-0.4, -0.2) is 42.7 Å². The van der Waals surface area contributed by atoms with E-state index in [1.807, 2.05) is 6.07 Å². The van der Waals surface area contributed by atoms with Crippen LogP contribution in [-0.2, 0) is 26.5 Å². The third kappa shape index (κ3) is 4.40. The molecule has 2 rings (SSSR count). The van der Waals surface area contributed by atoms with Gasteiger partial charge in [0.2, 0.25) is 20.0 Å². The van der Waals surface area contributed by atoms with Gasteiger partial charge in [0, 0.05) is 25.3 Å². The zero-order valence-corrected chi connectivity index (χ0v) is 13.4. The molecular formula is C12H19N3O4S2. The molecule has 1 heterocycles. The molecule has 7 nitrogen and oxygen atoms in total. The number of fused-ring (bicyclic) bond motifs is 1. The van der Waals surface area contributed by atoms with Crippen LogP contribution in [0.3, 0.4) is 0 Å². The standard InChI is InChI=1S/C12H19N3O4S2/c1-20(16,17)14-8-9-15-21(18,19)12-6-2-5-11-10(12)4-3-7-13-11/h2,5-6,13-15H,3-4,7-9H2,1H3. The van der Waals surface area contributed by atoms with Crippen molar-refractivity contribution in [1.82, 2.24) is 9.44 Å². The van der Waals surface area contributed by atoms with Crippen molar-refractivity contribution in [3.63, 3.8) is 0 Å². The number of sulfonamides is 2. The third-order valence-electron chi connectivity index (χ3n) is 3.12. The van der Waals surface area contributed by atoms with E-state index in [9.17, 15) is 16.8 Å². The van der Waals surface area contributed by atoms with E-state index in [4.69, 9.17) is 0 Å². The minimum Gasteiger partial charge on any atom is -0.385 e. The van der Waals surface area contributed by atoms with Gasteiger partial charge in [-0.15, -0.1) is 0 Å². The maximum atomic E-state index is 12.3. The highest BCUT2D eigenvalue weighted by molar-refractivity contribution is 7.89. The molecule has 0 atom stereocenters. The first-order valence-corrected chi connectivity index (χ1v) is 9.97. The largest absolute Gasteiger partial charge is 0.385 e. The van der Waals surface area contributed by atoms with Crippen molar-refractivity contribution in [3.05, 3.63) is 23.8 Å². The van der Waals surface area contributed by atoms with Crippen LogP contribution >= 0.6 is 0 Å². The topological polar surface area (TPSA) is 104 Å². The normalized spacial score (nSPS) is 15.3. The van der Waals surface area contributed by atoms with Crippen LogP contribution in [0.4, 0.5) is 5.69 Å². The maximum absolute atomic E-state index is 12.3. The Bertz CT molecular complexity index is 714. The van der Waals surface area contributed by atoms with Crippen molar-refractivity contribution in [2.45, 2.75) is 17.7 Å². The van der Waals surface area contributed by atoms with Gasteiger partial charge in [-0.25, -0.2) is 26.3 Å². The summed E-state index contributed by atoms with van der Waals surface area (Å²) < 4.78 is 51.1. The summed E-state index contributed by atoms with van der Waals surface area (Å²) in [6.45, 7) is 0.861. The van der Waals surface area contributed by atoms with Crippen molar-refractivity contribution in [3.8, 4) is 0 Å². The van der Waals surface area contributed by atoms with Crippen LogP contribution < -0.4 is 14.8 Å². The van der Waals surface area contributed by atoms with E-state index in [1.165, 1.54) is 0 Å². The van der Waals surface area contributed by atoms with Gasteiger partial charge in [-0.05, 0) is 30.5 Å². The van der Waals surface area contributed by atoms with E-state index in [0.717, 1.165) is 30.5 Å². The minimum atomic E-state index is -3.64. The molecule has 3 N–H and O–H groups in total. The van der Waals surface area contributed by atoms with Gasteiger partial charge in [0.25, 0.3) is 0 Å². The highest BCUT2D eigenvalue weighted by Gasteiger charge is 2.21. The van der Waals surface area contributed by atoms with Gasteiger partial charge < -0.3 is 5.32 Å². The molecule has 0 spiro atoms. The summed E-state index contributed by atoms with van der Waals surface area (Å²) in [7, 11) is -6.96. The lowest BCUT2D eigenvalue weighted by atomic mass is 10.0. The summed E-state index contributed by atoms with van der Waals surface area (Å²) >= 11 is 0. The van der Waals surface area contributed by atoms with Crippen molar-refractivity contribution in [2.75, 3.05) is 31.2 Å². The molecule has 1 aliphatic rings. The zero-order valence-electron chi connectivity index (χ0n) is 11.7. The Morgan fingerprint density at radius 1 is 1.14 bits per heavy atom. The molecule has 0 saturated heterocycles. The first-order valence-electron chi connectivity index (χ1n) is 6.60. The number of nitrogens with one attached hydrogen (secondary N) is 3. The van der Waals surface area contributed by atoms with Crippen LogP contribution in [0.2, 0.25) is 0 Å². The lowest BCUT2D eigenvalue weighted by Crippen LogP contribution is -2.34. The summed E-state index contributed by atoms with van der Waals surface area (Å²) in [4.78, 5) is 0.256. The average Bonchev–Trinajstić information content (AvgIpc) is 2.42. The van der Waals surface area contributed by atoms with Crippen molar-refractivity contribution in [1.29, 1.82) is 0 Å². The number of hydrogen-bond acceptors (Lipinski definition) is 5. The number of anilines is 1. The molecule has 0 bridgehead atoms. The van der Waals surface area contributed by atoms with Gasteiger partial charge in [0.1, 0.15) is 0 Å². The molecule has 0 fully saturated rings. The van der Waals surface area contributed by atoms with Crippen LogP contribution in [0.5, 0.6) is 0 Å². The third-order valence-corrected chi connectivity index (χ3v) is 5.40. The summed E-state index contributed by atoms with van der Waals surface area (Å²) in [5.74, 6) is 0. The van der Waals surface area contributed by atoms with Crippen LogP contribution in [0.25, 0.3) is 0 Å². The molecule has 0 aromatic heterocycles. The van der Waals surface area contributed by atoms with E-state index in [2.05, 4.69) is 14.8 Å². The van der Waals surface area contributed by atoms with Crippen molar-refractivity contribution < 1.29 is 16.8 Å². The lowest BCUT2D eigenvalue weighted by Gasteiger charge is -2.21. The molecule has 0 aliphatic carbocycles. The first kappa shape index (κ1) is 16.2. The van der Waals surface area contributed by atoms with Gasteiger partial charge >= 0.3 is 0 Å². The van der Waals surface area contributed by atoms with Gasteiger partial charge in [-0.1, -0.05) is 6.07 Å². The second kappa shape index (κ2) is 6.30. The SMILES string of the molecule is CS(=O)(=O)NCCNS(=O)(=O)c1cccc2c1CCCN2. The van der Waals surface area contributed by atoms with Crippen LogP contribution in [0.1, 0.15) is 12.0 Å². The van der Waals surface area contributed by atoms with E-state index < -0.39 is 20.0 Å². The average molecular weight is 333 g/mol. The molecule has 0 radical (unpaired) electrons. The van der Waals surface area contributed by atoms with Crippen molar-refractivity contribution >= 4 is 25.7 Å². The monoisotopic (exact) mass is 333 g/mol. The second-order valence-electron chi connectivity index (χ2n) is 4.88. The van der Waals surface area contributed by atoms with Gasteiger partial charge in [0.15, 0.2) is 0 Å². The highest BCUT2D eigenvalue weighted by Crippen LogP contribution is 2.28. The molecule has 9 heteroatoms. The Morgan fingerprint density at radius 3 is 2.57 bits per heavy atom. The number of benzene rings is 1. The number of hydrogen-bond donors (Lipinski definition) is 3. The smallest absolute Gasteiger partial charge is 0.240 e. The van der Waals surface area contributed by atoms with E-state index in [-0.39, 0.29) is 18.0 Å². The summed E-state index contributed by atoms with van der Waals surface area (Å²) in [5, 5.41) is 3.18. The Labute approximate surface area is 125 Å². The Hall–Kier alpha value is -1.16. The molecule has 0 unspecified atom stereocenters. The second-order valence-corrected chi connectivity index (χ2v) is 8.45. The molecule has 1 aromatic rings. The fraction of sp³-hybridized carbons (Fsp3) is 0.500. The lowest BCUT2D eigenvalue weighted by molar-refractivity contribution is 0.572. The minimum absolute atomic E-state index is 0.00645. The van der Waals surface area contributed by atoms with Gasteiger partial charge in [-0.3, -0.25) is 0 Å². The molecular weight excluding hydrogens is 314 g/mol. The fourth-order valence-corrected chi connectivity index (χ4v) is 4.02. The molecule has 0 amide bonds. The van der Waals surface area contributed by atoms with Gasteiger partial charge in [0.05, 0.1) is 11.2 Å². The molecule has 21 heavy (non-hydrogen) atoms. The summed E-state index contributed by atoms with van der Waals surface area (Å²) in [5.41, 5.74) is 1.63. The van der Waals surface area contributed by atoms with Crippen LogP contribution in [0, 0.1) is 0 Å². The molecule has 0 saturated carbocycles. The Morgan fingerprint density at radius 2 is 1.86 bits per heavy atom.